The summed E-state index contributed by atoms with van der Waals surface area (Å²) in [7, 11) is 0. The fourth-order valence-corrected chi connectivity index (χ4v) is 2.77. The quantitative estimate of drug-likeness (QED) is 0.637. The first kappa shape index (κ1) is 20.5. The van der Waals surface area contributed by atoms with Crippen LogP contribution in [0.4, 0.5) is 0 Å². The van der Waals surface area contributed by atoms with Crippen molar-refractivity contribution in [3.8, 4) is 5.75 Å². The van der Waals surface area contributed by atoms with Gasteiger partial charge in [0.1, 0.15) is 11.4 Å². The summed E-state index contributed by atoms with van der Waals surface area (Å²) in [6.45, 7) is 16.9. The van der Waals surface area contributed by atoms with Crippen LogP contribution in [0.3, 0.4) is 0 Å². The number of hydrogen-bond donors (Lipinski definition) is 0. The van der Waals surface area contributed by atoms with Crippen LogP contribution in [0.25, 0.3) is 0 Å². The first-order valence-electron chi connectivity index (χ1n) is 8.83. The van der Waals surface area contributed by atoms with Crippen LogP contribution in [-0.4, -0.2) is 18.2 Å². The maximum Gasteiger partial charge on any atom is 0.344 e. The predicted octanol–water partition coefficient (Wildman–Crippen LogP) is 5.58. The zero-order chi connectivity index (χ0) is 18.5. The molecule has 1 unspecified atom stereocenters. The fraction of sp³-hybridized carbons (Fsp3) is 0.667. The molecular weight excluding hydrogens is 300 g/mol. The highest BCUT2D eigenvalue weighted by Gasteiger charge is 2.27. The lowest BCUT2D eigenvalue weighted by Gasteiger charge is -2.32. The number of hydrogen-bond acceptors (Lipinski definition) is 3. The van der Waals surface area contributed by atoms with E-state index < -0.39 is 5.60 Å². The van der Waals surface area contributed by atoms with Crippen molar-refractivity contribution >= 4 is 5.97 Å². The molecule has 0 aliphatic heterocycles. The molecule has 0 N–H and O–H groups in total. The number of esters is 1. The van der Waals surface area contributed by atoms with E-state index in [1.54, 1.807) is 0 Å². The van der Waals surface area contributed by atoms with E-state index in [1.807, 2.05) is 32.9 Å². The highest BCUT2D eigenvalue weighted by Crippen LogP contribution is 2.40. The molecule has 3 nitrogen and oxygen atoms in total. The molecule has 0 amide bonds. The minimum absolute atomic E-state index is 0.0642. The number of carbonyl (C=O) groups is 1. The highest BCUT2D eigenvalue weighted by molar-refractivity contribution is 5.71. The lowest BCUT2D eigenvalue weighted by molar-refractivity contribution is -0.157. The van der Waals surface area contributed by atoms with Gasteiger partial charge < -0.3 is 9.47 Å². The molecule has 0 saturated carbocycles. The predicted molar refractivity (Wildman–Crippen MR) is 99.4 cm³/mol. The number of benzene rings is 1. The van der Waals surface area contributed by atoms with Crippen molar-refractivity contribution < 1.29 is 14.3 Å². The molecule has 0 radical (unpaired) electrons. The minimum atomic E-state index is -0.485. The second kappa shape index (κ2) is 8.04. The van der Waals surface area contributed by atoms with Crippen LogP contribution in [0.2, 0.25) is 0 Å². The molecule has 0 aliphatic carbocycles. The fourth-order valence-electron chi connectivity index (χ4n) is 2.77. The lowest BCUT2D eigenvalue weighted by Crippen LogP contribution is -2.27. The van der Waals surface area contributed by atoms with Gasteiger partial charge in [-0.2, -0.15) is 0 Å². The van der Waals surface area contributed by atoms with E-state index >= 15 is 0 Å². The summed E-state index contributed by atoms with van der Waals surface area (Å²) in [4.78, 5) is 11.7. The van der Waals surface area contributed by atoms with Gasteiger partial charge in [-0.25, -0.2) is 4.79 Å². The molecule has 0 spiro atoms. The molecule has 3 heteroatoms. The van der Waals surface area contributed by atoms with Gasteiger partial charge in [0.15, 0.2) is 6.61 Å². The summed E-state index contributed by atoms with van der Waals surface area (Å²) in [5.41, 5.74) is 1.05. The lowest BCUT2D eigenvalue weighted by atomic mass is 9.72. The maximum absolute atomic E-state index is 11.7. The Bertz CT molecular complexity index is 516. The molecule has 1 atom stereocenters. The Morgan fingerprint density at radius 2 is 1.54 bits per heavy atom. The van der Waals surface area contributed by atoms with E-state index in [-0.39, 0.29) is 18.0 Å². The summed E-state index contributed by atoms with van der Waals surface area (Å²) in [5.74, 6) is 1.50. The molecule has 24 heavy (non-hydrogen) atoms. The van der Waals surface area contributed by atoms with Crippen molar-refractivity contribution in [2.45, 2.75) is 73.3 Å². The summed E-state index contributed by atoms with van der Waals surface area (Å²) >= 11 is 0. The molecule has 0 heterocycles. The first-order chi connectivity index (χ1) is 10.9. The van der Waals surface area contributed by atoms with Gasteiger partial charge in [0.05, 0.1) is 0 Å². The molecular formula is C21H34O3. The van der Waals surface area contributed by atoms with Gasteiger partial charge in [-0.3, -0.25) is 0 Å². The van der Waals surface area contributed by atoms with Crippen molar-refractivity contribution in [2.75, 3.05) is 6.61 Å². The van der Waals surface area contributed by atoms with Crippen molar-refractivity contribution in [2.24, 2.45) is 11.3 Å². The maximum atomic E-state index is 11.7. The molecule has 136 valence electrons. The third-order valence-electron chi connectivity index (χ3n) is 3.81. The summed E-state index contributed by atoms with van der Waals surface area (Å²) in [6.07, 6.45) is 1.15. The van der Waals surface area contributed by atoms with E-state index in [0.717, 1.165) is 6.42 Å². The van der Waals surface area contributed by atoms with E-state index in [9.17, 15) is 4.79 Å². The smallest absolute Gasteiger partial charge is 0.344 e. The summed E-state index contributed by atoms with van der Waals surface area (Å²) in [5, 5.41) is 0. The zero-order valence-electron chi connectivity index (χ0n) is 16.6. The number of carbonyl (C=O) groups excluding carboxylic acids is 1. The Labute approximate surface area is 147 Å². The first-order valence-corrected chi connectivity index (χ1v) is 8.83. The van der Waals surface area contributed by atoms with Crippen LogP contribution in [0.5, 0.6) is 5.75 Å². The zero-order valence-corrected chi connectivity index (χ0v) is 16.6. The Kier molecular flexibility index (Phi) is 6.88. The van der Waals surface area contributed by atoms with Crippen LogP contribution in [0.15, 0.2) is 24.3 Å². The Morgan fingerprint density at radius 3 is 1.96 bits per heavy atom. The van der Waals surface area contributed by atoms with Crippen molar-refractivity contribution in [1.29, 1.82) is 0 Å². The van der Waals surface area contributed by atoms with Gasteiger partial charge in [-0.15, -0.1) is 0 Å². The van der Waals surface area contributed by atoms with Crippen LogP contribution in [0.1, 0.15) is 73.3 Å². The van der Waals surface area contributed by atoms with Gasteiger partial charge >= 0.3 is 5.97 Å². The number of rotatable bonds is 6. The molecule has 1 rings (SSSR count). The normalized spacial score (nSPS) is 13.7. The molecule has 1 aromatic carbocycles. The Hall–Kier alpha value is -1.51. The van der Waals surface area contributed by atoms with E-state index in [0.29, 0.717) is 17.6 Å². The van der Waals surface area contributed by atoms with Crippen LogP contribution in [0, 0.1) is 11.3 Å². The van der Waals surface area contributed by atoms with Crippen LogP contribution in [-0.2, 0) is 9.53 Å². The average Bonchev–Trinajstić information content (AvgIpc) is 2.40. The Balaban J connectivity index is 2.72. The SMILES string of the molecule is CC(C)CC(c1ccc(OCC(=O)OC(C)(C)C)cc1)C(C)(C)C. The summed E-state index contributed by atoms with van der Waals surface area (Å²) < 4.78 is 10.8. The van der Waals surface area contributed by atoms with Gasteiger partial charge in [0.25, 0.3) is 0 Å². The largest absolute Gasteiger partial charge is 0.482 e. The molecule has 0 bridgehead atoms. The monoisotopic (exact) mass is 334 g/mol. The van der Waals surface area contributed by atoms with Crippen LogP contribution < -0.4 is 4.74 Å². The third kappa shape index (κ3) is 7.37. The van der Waals surface area contributed by atoms with Gasteiger partial charge in [0.2, 0.25) is 0 Å². The van der Waals surface area contributed by atoms with E-state index in [1.165, 1.54) is 5.56 Å². The Morgan fingerprint density at radius 1 is 1.00 bits per heavy atom. The molecule has 0 fully saturated rings. The van der Waals surface area contributed by atoms with Crippen molar-refractivity contribution in [1.82, 2.24) is 0 Å². The third-order valence-corrected chi connectivity index (χ3v) is 3.81. The van der Waals surface area contributed by atoms with E-state index in [2.05, 4.69) is 46.8 Å². The average molecular weight is 334 g/mol. The van der Waals surface area contributed by atoms with Crippen molar-refractivity contribution in [3.05, 3.63) is 29.8 Å². The van der Waals surface area contributed by atoms with E-state index in [4.69, 9.17) is 9.47 Å². The van der Waals surface area contributed by atoms with Gasteiger partial charge in [0, 0.05) is 0 Å². The highest BCUT2D eigenvalue weighted by atomic mass is 16.6. The minimum Gasteiger partial charge on any atom is -0.482 e. The standard InChI is InChI=1S/C21H34O3/c1-15(2)13-18(20(3,4)5)16-9-11-17(12-10-16)23-14-19(22)24-21(6,7)8/h9-12,15,18H,13-14H2,1-8H3. The number of ether oxygens (including phenoxy) is 2. The topological polar surface area (TPSA) is 35.5 Å². The second-order valence-electron chi connectivity index (χ2n) is 8.99. The molecule has 0 aromatic heterocycles. The molecule has 1 aromatic rings. The van der Waals surface area contributed by atoms with Crippen molar-refractivity contribution in [3.63, 3.8) is 0 Å². The second-order valence-corrected chi connectivity index (χ2v) is 8.99. The molecule has 0 saturated heterocycles. The van der Waals surface area contributed by atoms with Gasteiger partial charge in [-0.1, -0.05) is 46.8 Å². The molecule has 0 aliphatic rings. The summed E-state index contributed by atoms with van der Waals surface area (Å²) in [6, 6.07) is 8.11. The van der Waals surface area contributed by atoms with Crippen LogP contribution >= 0.6 is 0 Å². The van der Waals surface area contributed by atoms with Gasteiger partial charge in [-0.05, 0) is 62.1 Å².